The van der Waals surface area contributed by atoms with Gasteiger partial charge in [0.2, 0.25) is 0 Å². The van der Waals surface area contributed by atoms with Crippen molar-refractivity contribution in [3.8, 4) is 0 Å². The number of nitrogens with one attached hydrogen (secondary N) is 2. The minimum absolute atomic E-state index is 0.159. The zero-order valence-electron chi connectivity index (χ0n) is 18.4. The Balaban J connectivity index is 3.10. The molecule has 0 aliphatic carbocycles. The number of carbonyl (C=O) groups is 3. The van der Waals surface area contributed by atoms with Gasteiger partial charge in [0.1, 0.15) is 0 Å². The van der Waals surface area contributed by atoms with Crippen molar-refractivity contribution in [2.24, 2.45) is 0 Å². The number of para-hydroxylation sites is 1. The second kappa shape index (κ2) is 10.6. The summed E-state index contributed by atoms with van der Waals surface area (Å²) in [5.74, 6) is 1.44. The molecule has 1 atom stereocenters. The Kier molecular flexibility index (Phi) is 9.17. The number of hydrogen-bond acceptors (Lipinski definition) is 4. The van der Waals surface area contributed by atoms with Gasteiger partial charge in [0.25, 0.3) is 0 Å². The quantitative estimate of drug-likeness (QED) is 0.600. The first-order chi connectivity index (χ1) is 13.3. The molecule has 3 amide bonds. The Morgan fingerprint density at radius 3 is 2.14 bits per heavy atom. The number of hydrogen-bond donors (Lipinski definition) is 2. The molecular formula is C21H33N3O4Se. The fourth-order valence-electron chi connectivity index (χ4n) is 2.51. The molecule has 0 saturated carbocycles. The third kappa shape index (κ3) is 9.33. The van der Waals surface area contributed by atoms with E-state index in [-0.39, 0.29) is 33.3 Å². The molecule has 1 aromatic carbocycles. The molecule has 0 heterocycles. The molecule has 0 spiro atoms. The molecule has 1 unspecified atom stereocenters. The average Bonchev–Trinajstić information content (AvgIpc) is 2.57. The van der Waals surface area contributed by atoms with Crippen LogP contribution in [0.4, 0.5) is 10.5 Å². The molecule has 8 heteroatoms. The zero-order chi connectivity index (χ0) is 22.2. The normalized spacial score (nSPS) is 12.7. The minimum atomic E-state index is -0.672. The van der Waals surface area contributed by atoms with Crippen molar-refractivity contribution in [2.75, 3.05) is 11.4 Å². The Bertz CT molecular complexity index is 696. The average molecular weight is 470 g/mol. The third-order valence-electron chi connectivity index (χ3n) is 3.52. The van der Waals surface area contributed by atoms with Crippen LogP contribution in [0.15, 0.2) is 30.3 Å². The second-order valence-corrected chi connectivity index (χ2v) is 10.6. The molecule has 0 bridgehead atoms. The first-order valence-corrected chi connectivity index (χ1v) is 12.4. The van der Waals surface area contributed by atoms with Gasteiger partial charge in [0.05, 0.1) is 0 Å². The van der Waals surface area contributed by atoms with Crippen LogP contribution >= 0.6 is 0 Å². The van der Waals surface area contributed by atoms with E-state index in [1.54, 1.807) is 32.9 Å². The number of amides is 3. The SMILES string of the molecule is C[Se]CC(C(=O)NC(C)(C)C)N(C(=O)CNC(=O)OC(C)(C)C)c1ccccc1. The van der Waals surface area contributed by atoms with Crippen LogP contribution in [0, 0.1) is 0 Å². The Labute approximate surface area is 180 Å². The van der Waals surface area contributed by atoms with Crippen LogP contribution in [-0.4, -0.2) is 56.6 Å². The summed E-state index contributed by atoms with van der Waals surface area (Å²) in [5, 5.41) is 6.02. The maximum atomic E-state index is 13.1. The summed E-state index contributed by atoms with van der Waals surface area (Å²) in [6.45, 7) is 10.7. The van der Waals surface area contributed by atoms with Gasteiger partial charge in [-0.2, -0.15) is 0 Å². The number of alkyl carbamates (subject to hydrolysis) is 1. The van der Waals surface area contributed by atoms with Crippen molar-refractivity contribution in [3.05, 3.63) is 30.3 Å². The molecule has 0 fully saturated rings. The van der Waals surface area contributed by atoms with Crippen LogP contribution in [0.3, 0.4) is 0 Å². The van der Waals surface area contributed by atoms with Crippen molar-refractivity contribution < 1.29 is 19.1 Å². The van der Waals surface area contributed by atoms with Crippen molar-refractivity contribution >= 4 is 38.6 Å². The van der Waals surface area contributed by atoms with Crippen LogP contribution in [0.25, 0.3) is 0 Å². The number of carbonyl (C=O) groups excluding carboxylic acids is 3. The Morgan fingerprint density at radius 2 is 1.66 bits per heavy atom. The Hall–Kier alpha value is -2.05. The van der Waals surface area contributed by atoms with E-state index in [0.717, 1.165) is 0 Å². The molecule has 7 nitrogen and oxygen atoms in total. The van der Waals surface area contributed by atoms with Crippen LogP contribution < -0.4 is 15.5 Å². The first kappa shape index (κ1) is 25.0. The second-order valence-electron chi connectivity index (χ2n) is 8.67. The first-order valence-electron chi connectivity index (χ1n) is 9.49. The summed E-state index contributed by atoms with van der Waals surface area (Å²) in [6.07, 6.45) is -0.672. The maximum absolute atomic E-state index is 13.1. The van der Waals surface area contributed by atoms with Gasteiger partial charge in [-0.05, 0) is 0 Å². The molecule has 29 heavy (non-hydrogen) atoms. The number of anilines is 1. The van der Waals surface area contributed by atoms with Crippen LogP contribution in [0.2, 0.25) is 11.1 Å². The molecule has 0 aliphatic rings. The predicted molar refractivity (Wildman–Crippen MR) is 116 cm³/mol. The predicted octanol–water partition coefficient (Wildman–Crippen LogP) is 3.00. The number of ether oxygens (including phenoxy) is 1. The van der Waals surface area contributed by atoms with E-state index in [4.69, 9.17) is 4.74 Å². The standard InChI is InChI=1S/C21H33N3O4Se/c1-20(2,3)23-18(26)16(14-29-7)24(15-11-9-8-10-12-15)17(25)13-22-19(27)28-21(4,5)6/h8-12,16H,13-14H2,1-7H3,(H,22,27)(H,23,26). The molecule has 0 saturated heterocycles. The zero-order valence-corrected chi connectivity index (χ0v) is 20.1. The third-order valence-corrected chi connectivity index (χ3v) is 4.88. The molecule has 162 valence electrons. The molecule has 0 aliphatic heterocycles. The van der Waals surface area contributed by atoms with Gasteiger partial charge in [0, 0.05) is 0 Å². The van der Waals surface area contributed by atoms with Gasteiger partial charge < -0.3 is 0 Å². The van der Waals surface area contributed by atoms with E-state index in [9.17, 15) is 14.4 Å². The van der Waals surface area contributed by atoms with Gasteiger partial charge in [0.15, 0.2) is 0 Å². The monoisotopic (exact) mass is 471 g/mol. The summed E-state index contributed by atoms with van der Waals surface area (Å²) < 4.78 is 5.20. The summed E-state index contributed by atoms with van der Waals surface area (Å²) in [4.78, 5) is 39.5. The van der Waals surface area contributed by atoms with Gasteiger partial charge >= 0.3 is 180 Å². The van der Waals surface area contributed by atoms with Crippen LogP contribution in [0.5, 0.6) is 0 Å². The molecule has 0 radical (unpaired) electrons. The molecule has 2 N–H and O–H groups in total. The molecule has 1 aromatic rings. The van der Waals surface area contributed by atoms with Gasteiger partial charge in [-0.15, -0.1) is 0 Å². The summed E-state index contributed by atoms with van der Waals surface area (Å²) >= 11 is 0.159. The molecule has 1 rings (SSSR count). The van der Waals surface area contributed by atoms with E-state index in [2.05, 4.69) is 10.6 Å². The van der Waals surface area contributed by atoms with Crippen LogP contribution in [0.1, 0.15) is 41.5 Å². The summed E-state index contributed by atoms with van der Waals surface area (Å²) in [7, 11) is 0. The topological polar surface area (TPSA) is 87.7 Å². The van der Waals surface area contributed by atoms with Crippen molar-refractivity contribution in [1.29, 1.82) is 0 Å². The molecule has 0 aromatic heterocycles. The van der Waals surface area contributed by atoms with E-state index < -0.39 is 23.3 Å². The van der Waals surface area contributed by atoms with E-state index >= 15 is 0 Å². The van der Waals surface area contributed by atoms with Crippen molar-refractivity contribution in [1.82, 2.24) is 10.6 Å². The van der Waals surface area contributed by atoms with E-state index in [1.807, 2.05) is 44.8 Å². The number of benzene rings is 1. The van der Waals surface area contributed by atoms with E-state index in [0.29, 0.717) is 11.0 Å². The summed E-state index contributed by atoms with van der Waals surface area (Å²) in [6, 6.07) is 8.38. The van der Waals surface area contributed by atoms with Gasteiger partial charge in [-0.25, -0.2) is 0 Å². The van der Waals surface area contributed by atoms with Crippen molar-refractivity contribution in [2.45, 2.75) is 69.9 Å². The Morgan fingerprint density at radius 1 is 1.07 bits per heavy atom. The number of rotatable bonds is 7. The van der Waals surface area contributed by atoms with Gasteiger partial charge in [-0.1, -0.05) is 0 Å². The van der Waals surface area contributed by atoms with Crippen molar-refractivity contribution in [3.63, 3.8) is 0 Å². The van der Waals surface area contributed by atoms with E-state index in [1.165, 1.54) is 4.90 Å². The number of nitrogens with zero attached hydrogens (tertiary/aromatic N) is 1. The van der Waals surface area contributed by atoms with Gasteiger partial charge in [-0.3, -0.25) is 0 Å². The van der Waals surface area contributed by atoms with Crippen LogP contribution in [-0.2, 0) is 14.3 Å². The molecular weight excluding hydrogens is 437 g/mol. The summed E-state index contributed by atoms with van der Waals surface area (Å²) in [5.41, 5.74) is -0.468. The fourth-order valence-corrected chi connectivity index (χ4v) is 3.80. The fraction of sp³-hybridized carbons (Fsp3) is 0.571.